The summed E-state index contributed by atoms with van der Waals surface area (Å²) < 4.78 is 5.56. The highest BCUT2D eigenvalue weighted by Crippen LogP contribution is 2.34. The summed E-state index contributed by atoms with van der Waals surface area (Å²) in [6.07, 6.45) is 0.635. The van der Waals surface area contributed by atoms with Crippen LogP contribution in [0.4, 0.5) is 0 Å². The maximum Gasteiger partial charge on any atom is 0.181 e. The summed E-state index contributed by atoms with van der Waals surface area (Å²) in [4.78, 5) is 0. The van der Waals surface area contributed by atoms with Crippen molar-refractivity contribution in [3.8, 4) is 0 Å². The standard InChI is InChI=1S/C14H27NO/c1-10(2)11(13(3,4)5)9-12(15)16-14(6,7)8/h11,15H,1,9H2,2-8H3/t11-/m1/s1. The Balaban J connectivity index is 4.56. The molecule has 0 saturated heterocycles. The van der Waals surface area contributed by atoms with E-state index in [4.69, 9.17) is 10.1 Å². The first-order valence-corrected chi connectivity index (χ1v) is 5.85. The average molecular weight is 225 g/mol. The van der Waals surface area contributed by atoms with Gasteiger partial charge in [-0.3, -0.25) is 5.41 Å². The third-order valence-electron chi connectivity index (χ3n) is 2.46. The van der Waals surface area contributed by atoms with Crippen LogP contribution in [0.25, 0.3) is 0 Å². The fourth-order valence-corrected chi connectivity index (χ4v) is 1.82. The second-order valence-electron chi connectivity index (χ2n) is 6.61. The van der Waals surface area contributed by atoms with Crippen LogP contribution in [0.1, 0.15) is 54.9 Å². The van der Waals surface area contributed by atoms with Gasteiger partial charge in [-0.25, -0.2) is 0 Å². The molecule has 0 rings (SSSR count). The summed E-state index contributed by atoms with van der Waals surface area (Å²) in [5.41, 5.74) is 0.961. The first kappa shape index (κ1) is 15.2. The first-order valence-electron chi connectivity index (χ1n) is 5.85. The topological polar surface area (TPSA) is 33.1 Å². The third-order valence-corrected chi connectivity index (χ3v) is 2.46. The molecule has 1 atom stereocenters. The molecule has 2 nitrogen and oxygen atoms in total. The van der Waals surface area contributed by atoms with E-state index in [0.717, 1.165) is 5.57 Å². The summed E-state index contributed by atoms with van der Waals surface area (Å²) in [6.45, 7) is 18.5. The molecule has 0 saturated carbocycles. The normalized spacial score (nSPS) is 14.4. The van der Waals surface area contributed by atoms with Crippen LogP contribution in [0, 0.1) is 16.7 Å². The summed E-state index contributed by atoms with van der Waals surface area (Å²) in [5, 5.41) is 7.88. The van der Waals surface area contributed by atoms with E-state index in [1.165, 1.54) is 0 Å². The van der Waals surface area contributed by atoms with Crippen molar-refractivity contribution < 1.29 is 4.74 Å². The SMILES string of the molecule is C=C(C)[C@@H](CC(=N)OC(C)(C)C)C(C)(C)C. The van der Waals surface area contributed by atoms with Crippen molar-refractivity contribution in [1.29, 1.82) is 5.41 Å². The summed E-state index contributed by atoms with van der Waals surface area (Å²) in [5.74, 6) is 0.651. The van der Waals surface area contributed by atoms with E-state index in [2.05, 4.69) is 27.4 Å². The zero-order chi connectivity index (χ0) is 13.1. The zero-order valence-corrected chi connectivity index (χ0v) is 11.9. The van der Waals surface area contributed by atoms with Gasteiger partial charge in [0.1, 0.15) is 5.60 Å². The lowest BCUT2D eigenvalue weighted by Gasteiger charge is -2.32. The van der Waals surface area contributed by atoms with Gasteiger partial charge in [0.2, 0.25) is 0 Å². The number of ether oxygens (including phenoxy) is 1. The van der Waals surface area contributed by atoms with Crippen molar-refractivity contribution in [3.63, 3.8) is 0 Å². The third kappa shape index (κ3) is 5.94. The van der Waals surface area contributed by atoms with Crippen LogP contribution in [0.5, 0.6) is 0 Å². The molecule has 0 aromatic heterocycles. The molecule has 0 bridgehead atoms. The molecule has 2 heteroatoms. The fraction of sp³-hybridized carbons (Fsp3) is 0.786. The summed E-state index contributed by atoms with van der Waals surface area (Å²) in [6, 6.07) is 0. The lowest BCUT2D eigenvalue weighted by atomic mass is 9.75. The minimum Gasteiger partial charge on any atom is -0.476 e. The molecule has 0 fully saturated rings. The maximum absolute atomic E-state index is 7.88. The average Bonchev–Trinajstić information content (AvgIpc) is 1.93. The molecule has 0 aliphatic rings. The monoisotopic (exact) mass is 225 g/mol. The zero-order valence-electron chi connectivity index (χ0n) is 11.9. The fourth-order valence-electron chi connectivity index (χ4n) is 1.82. The molecule has 0 aromatic rings. The Hall–Kier alpha value is -0.790. The van der Waals surface area contributed by atoms with Gasteiger partial charge < -0.3 is 4.74 Å². The van der Waals surface area contributed by atoms with Gasteiger partial charge in [0.05, 0.1) is 0 Å². The largest absolute Gasteiger partial charge is 0.476 e. The van der Waals surface area contributed by atoms with Crippen LogP contribution in [0.3, 0.4) is 0 Å². The molecule has 16 heavy (non-hydrogen) atoms. The molecule has 0 heterocycles. The molecule has 0 amide bonds. The molecule has 94 valence electrons. The molecular formula is C14H27NO. The van der Waals surface area contributed by atoms with Crippen molar-refractivity contribution in [2.24, 2.45) is 11.3 Å². The smallest absolute Gasteiger partial charge is 0.181 e. The number of rotatable bonds is 3. The van der Waals surface area contributed by atoms with Gasteiger partial charge in [0.25, 0.3) is 0 Å². The van der Waals surface area contributed by atoms with E-state index in [1.54, 1.807) is 0 Å². The van der Waals surface area contributed by atoms with Gasteiger partial charge in [-0.05, 0) is 39.0 Å². The molecule has 0 radical (unpaired) electrons. The Labute approximate surface area is 101 Å². The predicted molar refractivity (Wildman–Crippen MR) is 70.9 cm³/mol. The molecule has 0 aromatic carbocycles. The summed E-state index contributed by atoms with van der Waals surface area (Å²) in [7, 11) is 0. The lowest BCUT2D eigenvalue weighted by molar-refractivity contribution is 0.105. The number of hydrogen-bond acceptors (Lipinski definition) is 2. The van der Waals surface area contributed by atoms with Crippen molar-refractivity contribution in [2.45, 2.75) is 60.5 Å². The van der Waals surface area contributed by atoms with Crippen molar-refractivity contribution in [2.75, 3.05) is 0 Å². The molecule has 0 spiro atoms. The number of nitrogens with one attached hydrogen (secondary N) is 1. The lowest BCUT2D eigenvalue weighted by Crippen LogP contribution is -2.29. The van der Waals surface area contributed by atoms with Gasteiger partial charge in [0.15, 0.2) is 5.90 Å². The van der Waals surface area contributed by atoms with Gasteiger partial charge in [-0.2, -0.15) is 0 Å². The van der Waals surface area contributed by atoms with Crippen LogP contribution in [0.15, 0.2) is 12.2 Å². The molecule has 0 aliphatic carbocycles. The molecule has 1 N–H and O–H groups in total. The van der Waals surface area contributed by atoms with Crippen LogP contribution < -0.4 is 0 Å². The Kier molecular flexibility index (Phi) is 4.78. The Morgan fingerprint density at radius 2 is 1.62 bits per heavy atom. The highest BCUT2D eigenvalue weighted by molar-refractivity contribution is 5.73. The first-order chi connectivity index (χ1) is 6.93. The second-order valence-corrected chi connectivity index (χ2v) is 6.61. The van der Waals surface area contributed by atoms with Crippen molar-refractivity contribution in [3.05, 3.63) is 12.2 Å². The highest BCUT2D eigenvalue weighted by atomic mass is 16.5. The minimum absolute atomic E-state index is 0.124. The van der Waals surface area contributed by atoms with E-state index < -0.39 is 0 Å². The quantitative estimate of drug-likeness (QED) is 0.431. The van der Waals surface area contributed by atoms with E-state index in [0.29, 0.717) is 18.2 Å². The van der Waals surface area contributed by atoms with Crippen LogP contribution in [0.2, 0.25) is 0 Å². The second kappa shape index (κ2) is 5.03. The maximum atomic E-state index is 7.88. The minimum atomic E-state index is -0.283. The van der Waals surface area contributed by atoms with Gasteiger partial charge in [-0.15, -0.1) is 0 Å². The molecular weight excluding hydrogens is 198 g/mol. The van der Waals surface area contributed by atoms with E-state index in [1.807, 2.05) is 27.7 Å². The molecule has 0 unspecified atom stereocenters. The highest BCUT2D eigenvalue weighted by Gasteiger charge is 2.28. The van der Waals surface area contributed by atoms with Gasteiger partial charge >= 0.3 is 0 Å². The Morgan fingerprint density at radius 1 is 1.19 bits per heavy atom. The Morgan fingerprint density at radius 3 is 1.88 bits per heavy atom. The van der Waals surface area contributed by atoms with E-state index in [9.17, 15) is 0 Å². The van der Waals surface area contributed by atoms with Crippen molar-refractivity contribution >= 4 is 5.90 Å². The summed E-state index contributed by atoms with van der Waals surface area (Å²) >= 11 is 0. The Bertz CT molecular complexity index is 265. The van der Waals surface area contributed by atoms with Crippen LogP contribution in [-0.2, 0) is 4.74 Å². The van der Waals surface area contributed by atoms with Crippen molar-refractivity contribution in [1.82, 2.24) is 0 Å². The number of hydrogen-bond donors (Lipinski definition) is 1. The van der Waals surface area contributed by atoms with E-state index in [-0.39, 0.29) is 11.0 Å². The van der Waals surface area contributed by atoms with Gasteiger partial charge in [-0.1, -0.05) is 32.9 Å². The molecule has 0 aliphatic heterocycles. The van der Waals surface area contributed by atoms with Gasteiger partial charge in [0, 0.05) is 6.42 Å². The van der Waals surface area contributed by atoms with Crippen LogP contribution >= 0.6 is 0 Å². The van der Waals surface area contributed by atoms with Crippen LogP contribution in [-0.4, -0.2) is 11.5 Å². The van der Waals surface area contributed by atoms with E-state index >= 15 is 0 Å². The number of allylic oxidation sites excluding steroid dienone is 1. The predicted octanol–water partition coefficient (Wildman–Crippen LogP) is 4.41.